The Morgan fingerprint density at radius 1 is 1.45 bits per heavy atom. The van der Waals surface area contributed by atoms with Crippen molar-refractivity contribution < 1.29 is 24.5 Å². The fourth-order valence-electron chi connectivity index (χ4n) is 1.38. The van der Waals surface area contributed by atoms with Crippen molar-refractivity contribution in [3.63, 3.8) is 0 Å². The van der Waals surface area contributed by atoms with Crippen LogP contribution in [-0.4, -0.2) is 40.8 Å². The lowest BCUT2D eigenvalue weighted by molar-refractivity contribution is -0.155. The molecule has 0 spiro atoms. The van der Waals surface area contributed by atoms with E-state index in [1.165, 1.54) is 18.2 Å². The minimum absolute atomic E-state index is 0.220. The van der Waals surface area contributed by atoms with Crippen molar-refractivity contribution in [2.45, 2.75) is 19.4 Å². The van der Waals surface area contributed by atoms with Gasteiger partial charge >= 0.3 is 5.97 Å². The van der Waals surface area contributed by atoms with Crippen LogP contribution in [0.25, 0.3) is 0 Å². The van der Waals surface area contributed by atoms with Gasteiger partial charge in [0.25, 0.3) is 5.91 Å². The maximum absolute atomic E-state index is 12.0. The van der Waals surface area contributed by atoms with Gasteiger partial charge in [0.2, 0.25) is 0 Å². The van der Waals surface area contributed by atoms with Gasteiger partial charge in [0.05, 0.1) is 18.7 Å². The van der Waals surface area contributed by atoms with Gasteiger partial charge in [0.15, 0.2) is 5.60 Å². The van der Waals surface area contributed by atoms with Gasteiger partial charge in [-0.3, -0.25) is 4.79 Å². The number of benzene rings is 1. The van der Waals surface area contributed by atoms with Crippen molar-refractivity contribution in [2.75, 3.05) is 13.2 Å². The number of carboxylic acid groups (broad SMARTS) is 1. The lowest BCUT2D eigenvalue weighted by Crippen LogP contribution is -2.46. The monoisotopic (exact) mass is 301 g/mol. The van der Waals surface area contributed by atoms with E-state index in [9.17, 15) is 14.7 Å². The van der Waals surface area contributed by atoms with Crippen LogP contribution in [0.1, 0.15) is 24.2 Å². The first kappa shape index (κ1) is 16.3. The molecular formula is C13H16ClNO5. The molecule has 0 fully saturated rings. The number of aliphatic hydroxyl groups is 1. The number of carbonyl (C=O) groups is 2. The Bertz CT molecular complexity index is 515. The van der Waals surface area contributed by atoms with Crippen LogP contribution in [-0.2, 0) is 4.79 Å². The van der Waals surface area contributed by atoms with Crippen LogP contribution in [0.5, 0.6) is 5.75 Å². The summed E-state index contributed by atoms with van der Waals surface area (Å²) in [6, 6.07) is 4.49. The molecule has 6 nitrogen and oxygen atoms in total. The van der Waals surface area contributed by atoms with E-state index in [2.05, 4.69) is 5.32 Å². The molecule has 0 saturated heterocycles. The number of nitrogens with one attached hydrogen (secondary N) is 1. The molecule has 1 rings (SSSR count). The van der Waals surface area contributed by atoms with Crippen molar-refractivity contribution in [1.29, 1.82) is 0 Å². The third-order valence-corrected chi connectivity index (χ3v) is 2.78. The number of hydrogen-bond donors (Lipinski definition) is 3. The third-order valence-electron chi connectivity index (χ3n) is 2.54. The molecule has 110 valence electrons. The van der Waals surface area contributed by atoms with Gasteiger partial charge < -0.3 is 20.3 Å². The van der Waals surface area contributed by atoms with E-state index in [0.29, 0.717) is 17.4 Å². The van der Waals surface area contributed by atoms with E-state index in [-0.39, 0.29) is 5.56 Å². The van der Waals surface area contributed by atoms with Gasteiger partial charge in [0, 0.05) is 5.02 Å². The van der Waals surface area contributed by atoms with Gasteiger partial charge in [-0.25, -0.2) is 4.79 Å². The number of carboxylic acids is 1. The molecule has 0 radical (unpaired) electrons. The molecular weight excluding hydrogens is 286 g/mol. The molecule has 7 heteroatoms. The minimum atomic E-state index is -2.03. The Morgan fingerprint density at radius 3 is 2.65 bits per heavy atom. The molecule has 1 aromatic rings. The lowest BCUT2D eigenvalue weighted by atomic mass is 10.1. The minimum Gasteiger partial charge on any atom is -0.493 e. The van der Waals surface area contributed by atoms with Crippen molar-refractivity contribution in [1.82, 2.24) is 5.32 Å². The van der Waals surface area contributed by atoms with Crippen molar-refractivity contribution in [3.05, 3.63) is 28.8 Å². The molecule has 0 bridgehead atoms. The van der Waals surface area contributed by atoms with Gasteiger partial charge in [-0.1, -0.05) is 11.6 Å². The molecule has 3 N–H and O–H groups in total. The maximum Gasteiger partial charge on any atom is 0.337 e. The predicted octanol–water partition coefficient (Wildman–Crippen LogP) is 1.30. The molecule has 1 aromatic carbocycles. The summed E-state index contributed by atoms with van der Waals surface area (Å²) in [5.41, 5.74) is -1.81. The summed E-state index contributed by atoms with van der Waals surface area (Å²) in [7, 11) is 0. The largest absolute Gasteiger partial charge is 0.493 e. The van der Waals surface area contributed by atoms with Crippen molar-refractivity contribution in [3.8, 4) is 5.75 Å². The van der Waals surface area contributed by atoms with Gasteiger partial charge in [-0.05, 0) is 32.0 Å². The lowest BCUT2D eigenvalue weighted by Gasteiger charge is -2.19. The Balaban J connectivity index is 2.85. The van der Waals surface area contributed by atoms with Gasteiger partial charge in [0.1, 0.15) is 5.75 Å². The second-order valence-corrected chi connectivity index (χ2v) is 4.77. The highest BCUT2D eigenvalue weighted by atomic mass is 35.5. The fourth-order valence-corrected chi connectivity index (χ4v) is 1.54. The summed E-state index contributed by atoms with van der Waals surface area (Å²) in [5.74, 6) is -1.67. The SMILES string of the molecule is CCOc1cc(Cl)ccc1C(=O)NCC(C)(O)C(=O)O. The molecule has 20 heavy (non-hydrogen) atoms. The number of halogens is 1. The van der Waals surface area contributed by atoms with Crippen LogP contribution in [0.2, 0.25) is 5.02 Å². The van der Waals surface area contributed by atoms with Gasteiger partial charge in [-0.2, -0.15) is 0 Å². The second-order valence-electron chi connectivity index (χ2n) is 4.34. The molecule has 1 unspecified atom stereocenters. The number of aliphatic carboxylic acids is 1. The average molecular weight is 302 g/mol. The van der Waals surface area contributed by atoms with Crippen molar-refractivity contribution in [2.24, 2.45) is 0 Å². The first-order valence-electron chi connectivity index (χ1n) is 5.94. The molecule has 0 saturated carbocycles. The van der Waals surface area contributed by atoms with Crippen LogP contribution >= 0.6 is 11.6 Å². The fraction of sp³-hybridized carbons (Fsp3) is 0.385. The van der Waals surface area contributed by atoms with Crippen LogP contribution in [0.15, 0.2) is 18.2 Å². The molecule has 1 atom stereocenters. The first-order chi connectivity index (χ1) is 9.27. The normalized spacial score (nSPS) is 13.4. The topological polar surface area (TPSA) is 95.9 Å². The second kappa shape index (κ2) is 6.58. The molecule has 0 aliphatic rings. The van der Waals surface area contributed by atoms with E-state index in [1.54, 1.807) is 6.92 Å². The highest BCUT2D eigenvalue weighted by Crippen LogP contribution is 2.23. The highest BCUT2D eigenvalue weighted by Gasteiger charge is 2.30. The summed E-state index contributed by atoms with van der Waals surface area (Å²) in [6.07, 6.45) is 0. The van der Waals surface area contributed by atoms with E-state index in [1.807, 2.05) is 0 Å². The van der Waals surface area contributed by atoms with Gasteiger partial charge in [-0.15, -0.1) is 0 Å². The zero-order valence-corrected chi connectivity index (χ0v) is 11.9. The van der Waals surface area contributed by atoms with Crippen LogP contribution in [0.3, 0.4) is 0 Å². The Labute approximate surface area is 121 Å². The van der Waals surface area contributed by atoms with E-state index >= 15 is 0 Å². The molecule has 1 amide bonds. The zero-order chi connectivity index (χ0) is 15.3. The quantitative estimate of drug-likeness (QED) is 0.736. The zero-order valence-electron chi connectivity index (χ0n) is 11.1. The summed E-state index contributed by atoms with van der Waals surface area (Å²) in [5, 5.41) is 21.1. The molecule has 0 aliphatic carbocycles. The third kappa shape index (κ3) is 4.11. The number of ether oxygens (including phenoxy) is 1. The number of rotatable bonds is 6. The van der Waals surface area contributed by atoms with Crippen LogP contribution in [0.4, 0.5) is 0 Å². The summed E-state index contributed by atoms with van der Waals surface area (Å²) in [4.78, 5) is 22.7. The number of amides is 1. The first-order valence-corrected chi connectivity index (χ1v) is 6.32. The number of carbonyl (C=O) groups excluding carboxylic acids is 1. The van der Waals surface area contributed by atoms with Crippen LogP contribution in [0, 0.1) is 0 Å². The van der Waals surface area contributed by atoms with E-state index in [4.69, 9.17) is 21.4 Å². The summed E-state index contributed by atoms with van der Waals surface area (Å²) in [6.45, 7) is 2.79. The molecule has 0 aromatic heterocycles. The maximum atomic E-state index is 12.0. The summed E-state index contributed by atoms with van der Waals surface area (Å²) < 4.78 is 5.29. The highest BCUT2D eigenvalue weighted by molar-refractivity contribution is 6.30. The standard InChI is InChI=1S/C13H16ClNO5/c1-3-20-10-6-8(14)4-5-9(10)11(16)15-7-13(2,19)12(17)18/h4-6,19H,3,7H2,1-2H3,(H,15,16)(H,17,18). The Kier molecular flexibility index (Phi) is 5.35. The van der Waals surface area contributed by atoms with Crippen molar-refractivity contribution >= 4 is 23.5 Å². The molecule has 0 heterocycles. The number of hydrogen-bond acceptors (Lipinski definition) is 4. The Morgan fingerprint density at radius 2 is 2.10 bits per heavy atom. The predicted molar refractivity (Wildman–Crippen MR) is 73.2 cm³/mol. The summed E-state index contributed by atoms with van der Waals surface area (Å²) >= 11 is 5.82. The van der Waals surface area contributed by atoms with E-state index in [0.717, 1.165) is 6.92 Å². The smallest absolute Gasteiger partial charge is 0.337 e. The molecule has 0 aliphatic heterocycles. The average Bonchev–Trinajstić information content (AvgIpc) is 2.36. The van der Waals surface area contributed by atoms with Crippen LogP contribution < -0.4 is 10.1 Å². The Hall–Kier alpha value is -1.79. The van der Waals surface area contributed by atoms with E-state index < -0.39 is 24.0 Å².